The molecular weight excluding hydrogens is 274 g/mol. The van der Waals surface area contributed by atoms with E-state index in [1.807, 2.05) is 20.8 Å². The van der Waals surface area contributed by atoms with E-state index in [0.717, 1.165) is 0 Å². The van der Waals surface area contributed by atoms with Gasteiger partial charge in [-0.1, -0.05) is 0 Å². The Kier molecular flexibility index (Phi) is 4.19. The monoisotopic (exact) mass is 299 g/mol. The minimum atomic E-state index is -0.858. The van der Waals surface area contributed by atoms with E-state index in [4.69, 9.17) is 9.84 Å². The fourth-order valence-corrected chi connectivity index (χ4v) is 3.23. The van der Waals surface area contributed by atoms with Crippen LogP contribution in [0.5, 0.6) is 0 Å². The van der Waals surface area contributed by atoms with Gasteiger partial charge in [-0.3, -0.25) is 4.79 Å². The zero-order chi connectivity index (χ0) is 15.8. The molecule has 0 radical (unpaired) electrons. The minimum absolute atomic E-state index is 0.0757. The lowest BCUT2D eigenvalue weighted by Gasteiger charge is -2.49. The number of hydrogen-bond acceptors (Lipinski definition) is 4. The molecule has 6 heteroatoms. The summed E-state index contributed by atoms with van der Waals surface area (Å²) >= 11 is 0. The first-order valence-corrected chi connectivity index (χ1v) is 7.54. The Bertz CT molecular complexity index is 414. The number of likely N-dealkylation sites (tertiary alicyclic amines) is 1. The van der Waals surface area contributed by atoms with E-state index >= 15 is 0 Å². The van der Waals surface area contributed by atoms with Crippen molar-refractivity contribution in [2.45, 2.75) is 57.7 Å². The average Bonchev–Trinajstić information content (AvgIpc) is 2.33. The number of amides is 1. The molecule has 1 saturated heterocycles. The Hall–Kier alpha value is -1.30. The van der Waals surface area contributed by atoms with Crippen molar-refractivity contribution >= 4 is 12.1 Å². The number of hydrogen-bond donors (Lipinski definition) is 2. The number of carbonyl (C=O) groups is 2. The van der Waals surface area contributed by atoms with Crippen LogP contribution in [0.4, 0.5) is 4.79 Å². The zero-order valence-corrected chi connectivity index (χ0v) is 13.0. The normalized spacial score (nSPS) is 30.7. The summed E-state index contributed by atoms with van der Waals surface area (Å²) in [6.45, 7) is 6.61. The molecule has 0 bridgehead atoms. The van der Waals surface area contributed by atoms with Gasteiger partial charge in [-0.2, -0.15) is 0 Å². The largest absolute Gasteiger partial charge is 0.481 e. The third-order valence-electron chi connectivity index (χ3n) is 4.46. The number of carboxylic acids is 1. The second-order valence-electron chi connectivity index (χ2n) is 7.29. The standard InChI is InChI=1S/C15H25NO5/c1-14(2,3)21-13(19)16-6-4-11(5-7-16)15(20)8-10(9-15)12(17)18/h10-11,20H,4-9H2,1-3H3,(H,17,18). The smallest absolute Gasteiger partial charge is 0.410 e. The van der Waals surface area contributed by atoms with Gasteiger partial charge >= 0.3 is 12.1 Å². The molecule has 0 aromatic rings. The third kappa shape index (κ3) is 3.67. The summed E-state index contributed by atoms with van der Waals surface area (Å²) in [7, 11) is 0. The van der Waals surface area contributed by atoms with Gasteiger partial charge in [-0.05, 0) is 52.4 Å². The van der Waals surface area contributed by atoms with Gasteiger partial charge in [-0.25, -0.2) is 4.79 Å². The van der Waals surface area contributed by atoms with Crippen molar-refractivity contribution in [1.82, 2.24) is 4.90 Å². The quantitative estimate of drug-likeness (QED) is 0.812. The van der Waals surface area contributed by atoms with Crippen LogP contribution in [0, 0.1) is 11.8 Å². The van der Waals surface area contributed by atoms with Crippen LogP contribution in [-0.4, -0.2) is 51.5 Å². The molecule has 1 aliphatic heterocycles. The van der Waals surface area contributed by atoms with Gasteiger partial charge in [0.1, 0.15) is 5.60 Å². The lowest BCUT2D eigenvalue weighted by atomic mass is 9.62. The van der Waals surface area contributed by atoms with Crippen LogP contribution in [0.1, 0.15) is 46.5 Å². The van der Waals surface area contributed by atoms with Gasteiger partial charge in [0.05, 0.1) is 11.5 Å². The van der Waals surface area contributed by atoms with Crippen LogP contribution in [-0.2, 0) is 9.53 Å². The molecule has 1 heterocycles. The van der Waals surface area contributed by atoms with Gasteiger partial charge in [0, 0.05) is 13.1 Å². The first-order chi connectivity index (χ1) is 9.61. The minimum Gasteiger partial charge on any atom is -0.481 e. The molecular formula is C15H25NO5. The molecule has 0 unspecified atom stereocenters. The van der Waals surface area contributed by atoms with Crippen LogP contribution in [0.15, 0.2) is 0 Å². The fourth-order valence-electron chi connectivity index (χ4n) is 3.23. The molecule has 0 aromatic carbocycles. The second kappa shape index (κ2) is 5.48. The highest BCUT2D eigenvalue weighted by molar-refractivity contribution is 5.71. The number of carbonyl (C=O) groups excluding carboxylic acids is 1. The van der Waals surface area contributed by atoms with Crippen LogP contribution in [0.25, 0.3) is 0 Å². The van der Waals surface area contributed by atoms with E-state index in [2.05, 4.69) is 0 Å². The average molecular weight is 299 g/mol. The molecule has 1 aliphatic carbocycles. The number of piperidine rings is 1. The molecule has 2 aliphatic rings. The maximum absolute atomic E-state index is 12.0. The molecule has 0 atom stereocenters. The van der Waals surface area contributed by atoms with Crippen LogP contribution >= 0.6 is 0 Å². The first kappa shape index (κ1) is 16.1. The van der Waals surface area contributed by atoms with Crippen molar-refractivity contribution < 1.29 is 24.5 Å². The first-order valence-electron chi connectivity index (χ1n) is 7.54. The number of aliphatic hydroxyl groups is 1. The van der Waals surface area contributed by atoms with Gasteiger partial charge in [-0.15, -0.1) is 0 Å². The number of aliphatic carboxylic acids is 1. The highest BCUT2D eigenvalue weighted by Gasteiger charge is 2.51. The Morgan fingerprint density at radius 3 is 2.14 bits per heavy atom. The van der Waals surface area contributed by atoms with Gasteiger partial charge in [0.2, 0.25) is 0 Å². The maximum Gasteiger partial charge on any atom is 0.410 e. The van der Waals surface area contributed by atoms with Crippen LogP contribution < -0.4 is 0 Å². The summed E-state index contributed by atoms with van der Waals surface area (Å²) in [6.07, 6.45) is 1.74. The van der Waals surface area contributed by atoms with Crippen molar-refractivity contribution in [2.75, 3.05) is 13.1 Å². The van der Waals surface area contributed by atoms with E-state index in [1.54, 1.807) is 4.90 Å². The molecule has 0 aromatic heterocycles. The molecule has 21 heavy (non-hydrogen) atoms. The Morgan fingerprint density at radius 1 is 1.19 bits per heavy atom. The van der Waals surface area contributed by atoms with E-state index < -0.39 is 23.1 Å². The second-order valence-corrected chi connectivity index (χ2v) is 7.29. The van der Waals surface area contributed by atoms with E-state index in [9.17, 15) is 14.7 Å². The number of ether oxygens (including phenoxy) is 1. The summed E-state index contributed by atoms with van der Waals surface area (Å²) < 4.78 is 5.33. The van der Waals surface area contributed by atoms with Gasteiger partial charge in [0.15, 0.2) is 0 Å². The Balaban J connectivity index is 1.81. The molecule has 2 rings (SSSR count). The lowest BCUT2D eigenvalue weighted by molar-refractivity contribution is -0.169. The highest BCUT2D eigenvalue weighted by atomic mass is 16.6. The fraction of sp³-hybridized carbons (Fsp3) is 0.867. The molecule has 6 nitrogen and oxygen atoms in total. The topological polar surface area (TPSA) is 87.1 Å². The molecule has 1 saturated carbocycles. The Morgan fingerprint density at radius 2 is 1.71 bits per heavy atom. The zero-order valence-electron chi connectivity index (χ0n) is 13.0. The van der Waals surface area contributed by atoms with E-state index in [1.165, 1.54) is 0 Å². The number of nitrogens with zero attached hydrogens (tertiary/aromatic N) is 1. The van der Waals surface area contributed by atoms with Crippen molar-refractivity contribution in [2.24, 2.45) is 11.8 Å². The highest BCUT2D eigenvalue weighted by Crippen LogP contribution is 2.46. The molecule has 120 valence electrons. The third-order valence-corrected chi connectivity index (χ3v) is 4.46. The molecule has 2 fully saturated rings. The predicted octanol–water partition coefficient (Wildman–Crippen LogP) is 1.86. The van der Waals surface area contributed by atoms with Crippen molar-refractivity contribution in [3.05, 3.63) is 0 Å². The summed E-state index contributed by atoms with van der Waals surface area (Å²) in [4.78, 5) is 24.5. The molecule has 0 spiro atoms. The predicted molar refractivity (Wildman–Crippen MR) is 75.8 cm³/mol. The van der Waals surface area contributed by atoms with Crippen molar-refractivity contribution in [3.8, 4) is 0 Å². The Labute approximate surface area is 125 Å². The summed E-state index contributed by atoms with van der Waals surface area (Å²) in [5.74, 6) is -1.17. The summed E-state index contributed by atoms with van der Waals surface area (Å²) in [5, 5.41) is 19.4. The van der Waals surface area contributed by atoms with Crippen molar-refractivity contribution in [3.63, 3.8) is 0 Å². The number of rotatable bonds is 2. The van der Waals surface area contributed by atoms with Gasteiger partial charge in [0.25, 0.3) is 0 Å². The van der Waals surface area contributed by atoms with Gasteiger partial charge < -0.3 is 19.8 Å². The van der Waals surface area contributed by atoms with Crippen LogP contribution in [0.2, 0.25) is 0 Å². The van der Waals surface area contributed by atoms with E-state index in [0.29, 0.717) is 38.8 Å². The maximum atomic E-state index is 12.0. The molecule has 1 amide bonds. The van der Waals surface area contributed by atoms with Crippen LogP contribution in [0.3, 0.4) is 0 Å². The summed E-state index contributed by atoms with van der Waals surface area (Å²) in [6, 6.07) is 0. The van der Waals surface area contributed by atoms with E-state index in [-0.39, 0.29) is 12.0 Å². The number of carboxylic acid groups (broad SMARTS) is 1. The molecule has 2 N–H and O–H groups in total. The van der Waals surface area contributed by atoms with Crippen molar-refractivity contribution in [1.29, 1.82) is 0 Å². The lowest BCUT2D eigenvalue weighted by Crippen LogP contribution is -2.55. The summed E-state index contributed by atoms with van der Waals surface area (Å²) in [5.41, 5.74) is -1.36. The SMILES string of the molecule is CC(C)(C)OC(=O)N1CCC(C2(O)CC(C(=O)O)C2)CC1.